The normalized spacial score (nSPS) is 19.0. The number of hydrogen-bond acceptors (Lipinski definition) is 6. The summed E-state index contributed by atoms with van der Waals surface area (Å²) in [5, 5.41) is 2.64. The molecule has 2 amide bonds. The van der Waals surface area contributed by atoms with Crippen molar-refractivity contribution in [2.24, 2.45) is 5.73 Å². The molecule has 3 N–H and O–H groups in total. The van der Waals surface area contributed by atoms with Gasteiger partial charge < -0.3 is 16.0 Å². The predicted molar refractivity (Wildman–Crippen MR) is 149 cm³/mol. The molecule has 1 saturated heterocycles. The van der Waals surface area contributed by atoms with E-state index in [-0.39, 0.29) is 30.3 Å². The average Bonchev–Trinajstić information content (AvgIpc) is 2.87. The molecule has 0 radical (unpaired) electrons. The topological polar surface area (TPSA) is 85.1 Å². The van der Waals surface area contributed by atoms with E-state index in [1.54, 1.807) is 12.1 Å². The number of amides is 2. The van der Waals surface area contributed by atoms with E-state index < -0.39 is 23.6 Å². The third kappa shape index (κ3) is 7.81. The van der Waals surface area contributed by atoms with E-state index in [2.05, 4.69) is 15.1 Å². The van der Waals surface area contributed by atoms with Gasteiger partial charge in [-0.3, -0.25) is 24.3 Å². The number of benzene rings is 2. The van der Waals surface area contributed by atoms with Crippen LogP contribution in [0.2, 0.25) is 0 Å². The molecule has 2 aliphatic rings. The molecule has 40 heavy (non-hydrogen) atoms. The Bertz CT molecular complexity index is 1210. The zero-order valence-electron chi connectivity index (χ0n) is 23.4. The van der Waals surface area contributed by atoms with Crippen molar-refractivity contribution in [2.45, 2.75) is 32.1 Å². The molecule has 218 valence electrons. The lowest BCUT2D eigenvalue weighted by Gasteiger charge is -2.35. The first-order chi connectivity index (χ1) is 18.9. The highest BCUT2D eigenvalue weighted by Gasteiger charge is 2.34. The third-order valence-corrected chi connectivity index (χ3v) is 7.64. The minimum absolute atomic E-state index is 0.0935. The van der Waals surface area contributed by atoms with Crippen LogP contribution < -0.4 is 11.1 Å². The quantitative estimate of drug-likeness (QED) is 0.491. The van der Waals surface area contributed by atoms with Gasteiger partial charge in [-0.1, -0.05) is 19.1 Å². The second-order valence-electron chi connectivity index (χ2n) is 11.2. The number of halogens is 3. The van der Waals surface area contributed by atoms with Crippen molar-refractivity contribution < 1.29 is 22.8 Å². The molecular weight excluding hydrogens is 521 g/mol. The van der Waals surface area contributed by atoms with Crippen molar-refractivity contribution >= 4 is 17.5 Å². The SMILES string of the molecule is C[C@H]1CN(CC(N)=O)Cc2cc(C(=O)Nc3ccc(CN4CCN(CCN(C)C)CC4)c(C(F)(F)F)c3)ccc21. The standard InChI is InChI=1S/C29H39F3N6O2/c1-20-16-38(19-27(33)39)18-23-14-21(5-7-25(20)23)28(40)34-24-6-4-22(26(15-24)29(30,31)32)17-37-12-10-36(11-13-37)9-8-35(2)3/h4-7,14-15,20H,8-13,16-19H2,1-3H3,(H2,33,39)(H,34,40)/t20-/m0/s1. The average molecular weight is 561 g/mol. The van der Waals surface area contributed by atoms with Gasteiger partial charge in [0, 0.05) is 70.2 Å². The van der Waals surface area contributed by atoms with E-state index in [0.717, 1.165) is 43.4 Å². The van der Waals surface area contributed by atoms with Crippen molar-refractivity contribution in [2.75, 3.05) is 71.8 Å². The van der Waals surface area contributed by atoms with Crippen LogP contribution in [0.15, 0.2) is 36.4 Å². The van der Waals surface area contributed by atoms with Crippen molar-refractivity contribution in [3.63, 3.8) is 0 Å². The van der Waals surface area contributed by atoms with Gasteiger partial charge in [-0.25, -0.2) is 0 Å². The summed E-state index contributed by atoms with van der Waals surface area (Å²) >= 11 is 0. The highest BCUT2D eigenvalue weighted by Crippen LogP contribution is 2.35. The number of carbonyl (C=O) groups is 2. The van der Waals surface area contributed by atoms with E-state index in [1.807, 2.05) is 36.9 Å². The number of anilines is 1. The van der Waals surface area contributed by atoms with Crippen LogP contribution in [0.3, 0.4) is 0 Å². The number of nitrogens with one attached hydrogen (secondary N) is 1. The molecule has 1 fully saturated rings. The zero-order valence-corrected chi connectivity index (χ0v) is 23.4. The Kier molecular flexibility index (Phi) is 9.50. The number of carbonyl (C=O) groups excluding carboxylic acids is 2. The highest BCUT2D eigenvalue weighted by atomic mass is 19.4. The number of alkyl halides is 3. The molecule has 4 rings (SSSR count). The molecule has 0 spiro atoms. The first-order valence-electron chi connectivity index (χ1n) is 13.6. The molecule has 0 aromatic heterocycles. The fraction of sp³-hybridized carbons (Fsp3) is 0.517. The molecular formula is C29H39F3N6O2. The van der Waals surface area contributed by atoms with E-state index >= 15 is 0 Å². The van der Waals surface area contributed by atoms with Crippen molar-refractivity contribution in [1.82, 2.24) is 19.6 Å². The predicted octanol–water partition coefficient (Wildman–Crippen LogP) is 3.04. The number of primary amides is 1. The van der Waals surface area contributed by atoms with Crippen molar-refractivity contribution in [1.29, 1.82) is 0 Å². The van der Waals surface area contributed by atoms with Crippen LogP contribution >= 0.6 is 0 Å². The summed E-state index contributed by atoms with van der Waals surface area (Å²) in [4.78, 5) is 32.8. The Hall–Kier alpha value is -2.99. The molecule has 8 nitrogen and oxygen atoms in total. The molecule has 1 atom stereocenters. The van der Waals surface area contributed by atoms with Crippen LogP contribution in [-0.4, -0.2) is 97.9 Å². The van der Waals surface area contributed by atoms with Crippen LogP contribution in [0.1, 0.15) is 45.5 Å². The molecule has 0 unspecified atom stereocenters. The lowest BCUT2D eigenvalue weighted by Crippen LogP contribution is -2.47. The number of nitrogens with two attached hydrogens (primary N) is 1. The summed E-state index contributed by atoms with van der Waals surface area (Å²) in [6, 6.07) is 9.33. The molecule has 2 heterocycles. The summed E-state index contributed by atoms with van der Waals surface area (Å²) in [5.41, 5.74) is 7.24. The Morgan fingerprint density at radius 3 is 2.38 bits per heavy atom. The van der Waals surface area contributed by atoms with E-state index in [1.165, 1.54) is 12.1 Å². The van der Waals surface area contributed by atoms with Gasteiger partial charge in [-0.15, -0.1) is 0 Å². The molecule has 2 aromatic carbocycles. The molecule has 2 aliphatic heterocycles. The summed E-state index contributed by atoms with van der Waals surface area (Å²) in [6.45, 7) is 8.47. The van der Waals surface area contributed by atoms with E-state index in [9.17, 15) is 22.8 Å². The Morgan fingerprint density at radius 2 is 1.73 bits per heavy atom. The smallest absolute Gasteiger partial charge is 0.369 e. The Labute approximate surface area is 233 Å². The van der Waals surface area contributed by atoms with E-state index in [0.29, 0.717) is 31.7 Å². The maximum absolute atomic E-state index is 14.1. The number of piperazine rings is 1. The highest BCUT2D eigenvalue weighted by molar-refractivity contribution is 6.04. The number of rotatable bonds is 9. The van der Waals surface area contributed by atoms with Gasteiger partial charge in [0.1, 0.15) is 0 Å². The van der Waals surface area contributed by atoms with Crippen LogP contribution in [0.5, 0.6) is 0 Å². The fourth-order valence-corrected chi connectivity index (χ4v) is 5.51. The molecule has 0 bridgehead atoms. The lowest BCUT2D eigenvalue weighted by atomic mass is 9.89. The maximum atomic E-state index is 14.1. The van der Waals surface area contributed by atoms with Crippen LogP contribution in [0.4, 0.5) is 18.9 Å². The van der Waals surface area contributed by atoms with Gasteiger partial charge in [0.15, 0.2) is 0 Å². The molecule has 0 aliphatic carbocycles. The number of fused-ring (bicyclic) bond motifs is 1. The summed E-state index contributed by atoms with van der Waals surface area (Å²) in [6.07, 6.45) is -4.55. The molecule has 11 heteroatoms. The summed E-state index contributed by atoms with van der Waals surface area (Å²) in [7, 11) is 4.05. The van der Waals surface area contributed by atoms with Crippen molar-refractivity contribution in [3.05, 3.63) is 64.2 Å². The Morgan fingerprint density at radius 1 is 1.02 bits per heavy atom. The van der Waals surface area contributed by atoms with Gasteiger partial charge in [0.25, 0.3) is 5.91 Å². The summed E-state index contributed by atoms with van der Waals surface area (Å²) in [5.74, 6) is -0.754. The van der Waals surface area contributed by atoms with E-state index in [4.69, 9.17) is 5.73 Å². The zero-order chi connectivity index (χ0) is 29.0. The minimum Gasteiger partial charge on any atom is -0.369 e. The van der Waals surface area contributed by atoms with Crippen LogP contribution in [0, 0.1) is 0 Å². The number of hydrogen-bond donors (Lipinski definition) is 2. The minimum atomic E-state index is -4.55. The largest absolute Gasteiger partial charge is 0.416 e. The number of nitrogens with zero attached hydrogens (tertiary/aromatic N) is 4. The molecule has 0 saturated carbocycles. The fourth-order valence-electron chi connectivity index (χ4n) is 5.51. The van der Waals surface area contributed by atoms with Gasteiger partial charge in [0.05, 0.1) is 12.1 Å². The molecule has 2 aromatic rings. The van der Waals surface area contributed by atoms with Gasteiger partial charge in [-0.2, -0.15) is 13.2 Å². The number of likely N-dealkylation sites (N-methyl/N-ethyl adjacent to an activating group) is 1. The second kappa shape index (κ2) is 12.7. The first kappa shape index (κ1) is 30.0. The Balaban J connectivity index is 1.44. The van der Waals surface area contributed by atoms with Crippen LogP contribution in [0.25, 0.3) is 0 Å². The monoisotopic (exact) mass is 560 g/mol. The third-order valence-electron chi connectivity index (χ3n) is 7.64. The van der Waals surface area contributed by atoms with Gasteiger partial charge in [-0.05, 0) is 61.0 Å². The van der Waals surface area contributed by atoms with Gasteiger partial charge in [0.2, 0.25) is 5.91 Å². The first-order valence-corrected chi connectivity index (χ1v) is 13.6. The van der Waals surface area contributed by atoms with Crippen molar-refractivity contribution in [3.8, 4) is 0 Å². The summed E-state index contributed by atoms with van der Waals surface area (Å²) < 4.78 is 42.2. The van der Waals surface area contributed by atoms with Gasteiger partial charge >= 0.3 is 6.18 Å². The lowest BCUT2D eigenvalue weighted by molar-refractivity contribution is -0.138. The van der Waals surface area contributed by atoms with Crippen LogP contribution in [-0.2, 0) is 24.1 Å². The maximum Gasteiger partial charge on any atom is 0.416 e. The second-order valence-corrected chi connectivity index (χ2v) is 11.2.